The van der Waals surface area contributed by atoms with Crippen LogP contribution in [-0.2, 0) is 0 Å². The summed E-state index contributed by atoms with van der Waals surface area (Å²) in [7, 11) is 0. The summed E-state index contributed by atoms with van der Waals surface area (Å²) in [5, 5.41) is 19.0. The molecule has 0 fully saturated rings. The summed E-state index contributed by atoms with van der Waals surface area (Å²) in [6, 6.07) is 9.41. The smallest absolute Gasteiger partial charge is 0.175 e. The van der Waals surface area contributed by atoms with Crippen LogP contribution < -0.4 is 5.73 Å². The van der Waals surface area contributed by atoms with Crippen molar-refractivity contribution in [3.63, 3.8) is 0 Å². The topological polar surface area (TPSA) is 85.2 Å². The molecule has 0 bridgehead atoms. The highest BCUT2D eigenvalue weighted by molar-refractivity contribution is 7.08. The summed E-state index contributed by atoms with van der Waals surface area (Å²) in [6.07, 6.45) is 2.18. The van der Waals surface area contributed by atoms with Crippen LogP contribution >= 0.6 is 11.3 Å². The first-order valence-corrected chi connectivity index (χ1v) is 8.75. The van der Waals surface area contributed by atoms with Gasteiger partial charge < -0.3 is 15.4 Å². The van der Waals surface area contributed by atoms with Crippen LogP contribution in [0, 0.1) is 5.82 Å². The molecule has 0 aliphatic heterocycles. The Balaban J connectivity index is 1.93. The zero-order chi connectivity index (χ0) is 18.1. The van der Waals surface area contributed by atoms with E-state index in [4.69, 9.17) is 10.3 Å². The second-order valence-electron chi connectivity index (χ2n) is 5.71. The fourth-order valence-corrected chi connectivity index (χ4v) is 3.44. The number of thiophene rings is 1. The summed E-state index contributed by atoms with van der Waals surface area (Å²) in [5.74, 6) is -0.141. The number of nitrogens with two attached hydrogens (primary N) is 1. The molecule has 3 N–H and O–H groups in total. The van der Waals surface area contributed by atoms with Crippen LogP contribution in [0.15, 0.2) is 64.1 Å². The van der Waals surface area contributed by atoms with Crippen LogP contribution in [-0.4, -0.2) is 15.2 Å². The predicted molar refractivity (Wildman–Crippen MR) is 97.9 cm³/mol. The van der Waals surface area contributed by atoms with Crippen molar-refractivity contribution in [2.75, 3.05) is 5.73 Å². The number of rotatable bonds is 4. The van der Waals surface area contributed by atoms with Gasteiger partial charge in [0.05, 0.1) is 5.56 Å². The number of aliphatic hydroxyl groups excluding tert-OH is 1. The van der Waals surface area contributed by atoms with Crippen molar-refractivity contribution in [1.29, 1.82) is 0 Å². The number of pyridine rings is 1. The largest absolute Gasteiger partial charge is 0.398 e. The number of hydrogen-bond acceptors (Lipinski definition) is 6. The Kier molecular flexibility index (Phi) is 4.24. The van der Waals surface area contributed by atoms with E-state index >= 15 is 0 Å². The van der Waals surface area contributed by atoms with Gasteiger partial charge in [0.2, 0.25) is 0 Å². The number of nitrogens with zero attached hydrogens (tertiary/aromatic N) is 2. The fraction of sp³-hybridized carbons (Fsp3) is 0.0526. The summed E-state index contributed by atoms with van der Waals surface area (Å²) in [5.41, 5.74) is 9.04. The van der Waals surface area contributed by atoms with Crippen molar-refractivity contribution >= 4 is 17.0 Å². The highest BCUT2D eigenvalue weighted by Crippen LogP contribution is 2.41. The lowest BCUT2D eigenvalue weighted by Gasteiger charge is -2.13. The van der Waals surface area contributed by atoms with Crippen molar-refractivity contribution in [3.8, 4) is 22.6 Å². The molecule has 0 aliphatic carbocycles. The van der Waals surface area contributed by atoms with Gasteiger partial charge in [-0.3, -0.25) is 4.98 Å². The minimum Gasteiger partial charge on any atom is -0.398 e. The monoisotopic (exact) mass is 367 g/mol. The molecule has 3 heterocycles. The minimum absolute atomic E-state index is 0.206. The maximum Gasteiger partial charge on any atom is 0.175 e. The van der Waals surface area contributed by atoms with Gasteiger partial charge in [0.15, 0.2) is 5.76 Å². The normalized spacial score (nSPS) is 12.2. The van der Waals surface area contributed by atoms with E-state index in [9.17, 15) is 9.50 Å². The highest BCUT2D eigenvalue weighted by atomic mass is 32.1. The van der Waals surface area contributed by atoms with E-state index in [0.717, 1.165) is 5.56 Å². The standard InChI is InChI=1S/C19H14FN3O2S/c20-13-3-4-14(15(21)8-13)19-16(18(24)11-2-1-6-22-9-11)17(23-25-19)12-5-7-26-10-12/h1-10,18,24H,21H2. The molecule has 0 saturated heterocycles. The van der Waals surface area contributed by atoms with Gasteiger partial charge in [-0.05, 0) is 35.7 Å². The number of aromatic nitrogens is 2. The Morgan fingerprint density at radius 3 is 2.81 bits per heavy atom. The molecule has 7 heteroatoms. The lowest BCUT2D eigenvalue weighted by molar-refractivity contribution is 0.220. The number of anilines is 1. The first-order valence-electron chi connectivity index (χ1n) is 7.80. The molecule has 130 valence electrons. The molecule has 1 aromatic carbocycles. The minimum atomic E-state index is -1.02. The molecule has 0 aliphatic rings. The van der Waals surface area contributed by atoms with E-state index in [2.05, 4.69) is 10.1 Å². The van der Waals surface area contributed by atoms with E-state index in [1.54, 1.807) is 24.5 Å². The number of halogens is 1. The van der Waals surface area contributed by atoms with Crippen molar-refractivity contribution in [3.05, 3.63) is 76.5 Å². The summed E-state index contributed by atoms with van der Waals surface area (Å²) in [4.78, 5) is 4.06. The second-order valence-corrected chi connectivity index (χ2v) is 6.49. The third-order valence-electron chi connectivity index (χ3n) is 4.05. The van der Waals surface area contributed by atoms with Gasteiger partial charge in [-0.2, -0.15) is 11.3 Å². The SMILES string of the molecule is Nc1cc(F)ccc1-c1onc(-c2ccsc2)c1C(O)c1cccnc1. The van der Waals surface area contributed by atoms with Gasteiger partial charge in [0, 0.05) is 40.2 Å². The van der Waals surface area contributed by atoms with E-state index in [0.29, 0.717) is 28.1 Å². The number of hydrogen-bond donors (Lipinski definition) is 2. The summed E-state index contributed by atoms with van der Waals surface area (Å²) in [6.45, 7) is 0. The first-order chi connectivity index (χ1) is 12.6. The van der Waals surface area contributed by atoms with Crippen molar-refractivity contribution in [2.24, 2.45) is 0 Å². The van der Waals surface area contributed by atoms with Crippen LogP contribution in [0.1, 0.15) is 17.2 Å². The highest BCUT2D eigenvalue weighted by Gasteiger charge is 2.27. The molecule has 4 rings (SSSR count). The Labute approximate surface area is 152 Å². The van der Waals surface area contributed by atoms with Gasteiger partial charge >= 0.3 is 0 Å². The average Bonchev–Trinajstić information content (AvgIpc) is 3.31. The van der Waals surface area contributed by atoms with E-state index in [1.807, 2.05) is 16.8 Å². The lowest BCUT2D eigenvalue weighted by Crippen LogP contribution is -2.03. The molecule has 0 amide bonds. The zero-order valence-electron chi connectivity index (χ0n) is 13.5. The molecule has 4 aromatic rings. The Morgan fingerprint density at radius 2 is 2.12 bits per heavy atom. The average molecular weight is 367 g/mol. The van der Waals surface area contributed by atoms with Crippen LogP contribution in [0.2, 0.25) is 0 Å². The molecule has 1 atom stereocenters. The van der Waals surface area contributed by atoms with Crippen molar-refractivity contribution in [1.82, 2.24) is 10.1 Å². The molecule has 0 spiro atoms. The van der Waals surface area contributed by atoms with Gasteiger partial charge in [-0.15, -0.1) is 0 Å². The maximum atomic E-state index is 13.4. The van der Waals surface area contributed by atoms with Gasteiger partial charge in [0.1, 0.15) is 17.6 Å². The Morgan fingerprint density at radius 1 is 1.23 bits per heavy atom. The maximum absolute atomic E-state index is 13.4. The molecule has 1 unspecified atom stereocenters. The lowest BCUT2D eigenvalue weighted by atomic mass is 9.95. The van der Waals surface area contributed by atoms with E-state index in [-0.39, 0.29) is 5.69 Å². The van der Waals surface area contributed by atoms with Gasteiger partial charge in [0.25, 0.3) is 0 Å². The Bertz CT molecular complexity index is 1030. The molecular formula is C19H14FN3O2S. The Hall–Kier alpha value is -3.03. The molecule has 26 heavy (non-hydrogen) atoms. The van der Waals surface area contributed by atoms with Crippen LogP contribution in [0.25, 0.3) is 22.6 Å². The molecular weight excluding hydrogens is 353 g/mol. The quantitative estimate of drug-likeness (QED) is 0.526. The molecule has 3 aromatic heterocycles. The summed E-state index contributed by atoms with van der Waals surface area (Å²) < 4.78 is 19.0. The van der Waals surface area contributed by atoms with Crippen LogP contribution in [0.4, 0.5) is 10.1 Å². The van der Waals surface area contributed by atoms with Crippen molar-refractivity contribution in [2.45, 2.75) is 6.10 Å². The predicted octanol–water partition coefficient (Wildman–Crippen LogP) is 4.27. The zero-order valence-corrected chi connectivity index (χ0v) is 14.3. The van der Waals surface area contributed by atoms with Crippen molar-refractivity contribution < 1.29 is 14.0 Å². The van der Waals surface area contributed by atoms with Gasteiger partial charge in [-0.1, -0.05) is 11.2 Å². The number of nitrogen functional groups attached to an aromatic ring is 1. The molecule has 0 saturated carbocycles. The van der Waals surface area contributed by atoms with Crippen LogP contribution in [0.5, 0.6) is 0 Å². The molecule has 0 radical (unpaired) electrons. The third-order valence-corrected chi connectivity index (χ3v) is 4.74. The van der Waals surface area contributed by atoms with Crippen LogP contribution in [0.3, 0.4) is 0 Å². The molecule has 5 nitrogen and oxygen atoms in total. The number of benzene rings is 1. The number of aliphatic hydroxyl groups is 1. The summed E-state index contributed by atoms with van der Waals surface area (Å²) >= 11 is 1.51. The van der Waals surface area contributed by atoms with E-state index in [1.165, 1.54) is 29.5 Å². The first kappa shape index (κ1) is 16.4. The second kappa shape index (κ2) is 6.70. The van der Waals surface area contributed by atoms with Gasteiger partial charge in [-0.25, -0.2) is 4.39 Å². The fourth-order valence-electron chi connectivity index (χ4n) is 2.80. The van der Waals surface area contributed by atoms with E-state index < -0.39 is 11.9 Å². The third kappa shape index (κ3) is 2.87.